The number of hydrogen-bond donors (Lipinski definition) is 1. The van der Waals surface area contributed by atoms with Crippen LogP contribution in [0.4, 0.5) is 0 Å². The zero-order valence-corrected chi connectivity index (χ0v) is 15.0. The van der Waals surface area contributed by atoms with Crippen LogP contribution in [0.25, 0.3) is 0 Å². The molecule has 2 fully saturated rings. The Morgan fingerprint density at radius 2 is 2.30 bits per heavy atom. The number of aliphatic imine (C=N–C) groups is 1. The summed E-state index contributed by atoms with van der Waals surface area (Å²) in [6.07, 6.45) is 4.90. The van der Waals surface area contributed by atoms with Gasteiger partial charge in [-0.05, 0) is 25.0 Å². The van der Waals surface area contributed by atoms with Gasteiger partial charge in [-0.3, -0.25) is 4.99 Å². The van der Waals surface area contributed by atoms with Crippen LogP contribution in [-0.4, -0.2) is 48.3 Å². The van der Waals surface area contributed by atoms with Gasteiger partial charge >= 0.3 is 0 Å². The van der Waals surface area contributed by atoms with Crippen LogP contribution in [-0.2, 0) is 18.3 Å². The minimum atomic E-state index is 0.160. The van der Waals surface area contributed by atoms with Crippen molar-refractivity contribution in [1.82, 2.24) is 14.8 Å². The molecular weight excluding hydrogens is 288 g/mol. The Morgan fingerprint density at radius 1 is 1.52 bits per heavy atom. The quantitative estimate of drug-likeness (QED) is 0.686. The summed E-state index contributed by atoms with van der Waals surface area (Å²) in [7, 11) is 6.05. The van der Waals surface area contributed by atoms with Gasteiger partial charge in [0.05, 0.1) is 12.6 Å². The van der Waals surface area contributed by atoms with E-state index in [1.54, 1.807) is 0 Å². The van der Waals surface area contributed by atoms with Gasteiger partial charge < -0.3 is 19.5 Å². The van der Waals surface area contributed by atoms with Gasteiger partial charge in [0.1, 0.15) is 0 Å². The average Bonchev–Trinajstić information content (AvgIpc) is 2.93. The third-order valence-corrected chi connectivity index (χ3v) is 5.64. The maximum absolute atomic E-state index is 6.00. The molecule has 1 N–H and O–H groups in total. The zero-order chi connectivity index (χ0) is 16.6. The molecule has 1 aliphatic carbocycles. The molecule has 1 saturated heterocycles. The van der Waals surface area contributed by atoms with Gasteiger partial charge in [-0.1, -0.05) is 13.8 Å². The molecule has 0 aromatic carbocycles. The molecule has 5 nitrogen and oxygen atoms in total. The maximum Gasteiger partial charge on any atom is 0.193 e. The number of ether oxygens (including phenoxy) is 1. The van der Waals surface area contributed by atoms with Crippen molar-refractivity contribution in [2.24, 2.45) is 23.4 Å². The van der Waals surface area contributed by atoms with Crippen LogP contribution in [0.1, 0.15) is 32.4 Å². The predicted molar refractivity (Wildman–Crippen MR) is 93.4 cm³/mol. The van der Waals surface area contributed by atoms with Crippen LogP contribution in [0, 0.1) is 11.3 Å². The predicted octanol–water partition coefficient (Wildman–Crippen LogP) is 2.24. The molecule has 0 bridgehead atoms. The number of fused-ring (bicyclic) bond motifs is 1. The summed E-state index contributed by atoms with van der Waals surface area (Å²) in [5, 5.41) is 3.71. The monoisotopic (exact) mass is 318 g/mol. The van der Waals surface area contributed by atoms with Crippen molar-refractivity contribution in [3.05, 3.63) is 24.0 Å². The number of guanidine groups is 1. The van der Waals surface area contributed by atoms with Crippen molar-refractivity contribution >= 4 is 5.96 Å². The largest absolute Gasteiger partial charge is 0.377 e. The van der Waals surface area contributed by atoms with Gasteiger partial charge in [0.15, 0.2) is 5.96 Å². The molecule has 1 saturated carbocycles. The van der Waals surface area contributed by atoms with Crippen LogP contribution in [0.15, 0.2) is 23.3 Å². The van der Waals surface area contributed by atoms with Crippen molar-refractivity contribution in [2.45, 2.75) is 45.4 Å². The molecule has 5 heteroatoms. The molecule has 3 rings (SSSR count). The van der Waals surface area contributed by atoms with Crippen molar-refractivity contribution in [3.63, 3.8) is 0 Å². The summed E-state index contributed by atoms with van der Waals surface area (Å²) in [6.45, 7) is 6.38. The normalized spacial score (nSPS) is 29.6. The number of aryl methyl sites for hydroxylation is 1. The Morgan fingerprint density at radius 3 is 2.96 bits per heavy atom. The highest BCUT2D eigenvalue weighted by Gasteiger charge is 2.58. The summed E-state index contributed by atoms with van der Waals surface area (Å²) in [4.78, 5) is 6.70. The standard InChI is InChI=1S/C18H30N4O/c1-18(2)15(14-9-7-11-23-16(14)18)20-17(19-3)22(5)12-13-8-6-10-21(13)4/h6,8,10,14-16H,7,9,11-12H2,1-5H3,(H,19,20). The van der Waals surface area contributed by atoms with Gasteiger partial charge in [0.2, 0.25) is 0 Å². The maximum atomic E-state index is 6.00. The molecule has 0 spiro atoms. The fourth-order valence-electron chi connectivity index (χ4n) is 4.28. The first kappa shape index (κ1) is 16.4. The molecule has 0 radical (unpaired) electrons. The van der Waals surface area contributed by atoms with Crippen LogP contribution < -0.4 is 5.32 Å². The molecule has 23 heavy (non-hydrogen) atoms. The first-order valence-corrected chi connectivity index (χ1v) is 8.61. The summed E-state index contributed by atoms with van der Waals surface area (Å²) >= 11 is 0. The third-order valence-electron chi connectivity index (χ3n) is 5.64. The highest BCUT2D eigenvalue weighted by atomic mass is 16.5. The van der Waals surface area contributed by atoms with E-state index in [0.29, 0.717) is 18.1 Å². The van der Waals surface area contributed by atoms with Crippen LogP contribution >= 0.6 is 0 Å². The highest BCUT2D eigenvalue weighted by Crippen LogP contribution is 2.51. The number of hydrogen-bond acceptors (Lipinski definition) is 2. The van der Waals surface area contributed by atoms with Crippen molar-refractivity contribution in [1.29, 1.82) is 0 Å². The van der Waals surface area contributed by atoms with Crippen molar-refractivity contribution in [3.8, 4) is 0 Å². The lowest BCUT2D eigenvalue weighted by atomic mass is 9.55. The Hall–Kier alpha value is -1.49. The van der Waals surface area contributed by atoms with Crippen molar-refractivity contribution < 1.29 is 4.74 Å². The average molecular weight is 318 g/mol. The summed E-state index contributed by atoms with van der Waals surface area (Å²) in [5.74, 6) is 1.58. The first-order valence-electron chi connectivity index (χ1n) is 8.61. The molecule has 1 aromatic rings. The molecule has 3 atom stereocenters. The van der Waals surface area contributed by atoms with E-state index in [1.807, 2.05) is 7.05 Å². The SMILES string of the molecule is CN=C(NC1C2CCCOC2C1(C)C)N(C)Cc1cccn1C. The number of rotatable bonds is 3. The Balaban J connectivity index is 1.66. The fraction of sp³-hybridized carbons (Fsp3) is 0.722. The van der Waals surface area contributed by atoms with Gasteiger partial charge in [0, 0.05) is 57.0 Å². The van der Waals surface area contributed by atoms with Gasteiger partial charge in [0.25, 0.3) is 0 Å². The fourth-order valence-corrected chi connectivity index (χ4v) is 4.28. The molecule has 3 unspecified atom stereocenters. The molecular formula is C18H30N4O. The van der Waals surface area contributed by atoms with Crippen LogP contribution in [0.3, 0.4) is 0 Å². The summed E-state index contributed by atoms with van der Waals surface area (Å²) in [6, 6.07) is 4.67. The lowest BCUT2D eigenvalue weighted by Gasteiger charge is -2.60. The van der Waals surface area contributed by atoms with E-state index < -0.39 is 0 Å². The molecule has 2 aliphatic rings. The lowest BCUT2D eigenvalue weighted by molar-refractivity contribution is -0.188. The van der Waals surface area contributed by atoms with Gasteiger partial charge in [-0.15, -0.1) is 0 Å². The summed E-state index contributed by atoms with van der Waals surface area (Å²) < 4.78 is 8.16. The smallest absolute Gasteiger partial charge is 0.193 e. The van der Waals surface area contributed by atoms with Crippen LogP contribution in [0.5, 0.6) is 0 Å². The molecule has 0 amide bonds. The Labute approximate surface area is 139 Å². The number of aromatic nitrogens is 1. The first-order chi connectivity index (χ1) is 10.9. The van der Waals surface area contributed by atoms with Gasteiger partial charge in [-0.25, -0.2) is 0 Å². The van der Waals surface area contributed by atoms with Crippen LogP contribution in [0.2, 0.25) is 0 Å². The van der Waals surface area contributed by atoms with Gasteiger partial charge in [-0.2, -0.15) is 0 Å². The van der Waals surface area contributed by atoms with E-state index in [0.717, 1.165) is 19.1 Å². The number of nitrogens with zero attached hydrogens (tertiary/aromatic N) is 3. The second-order valence-corrected chi connectivity index (χ2v) is 7.55. The van der Waals surface area contributed by atoms with E-state index in [1.165, 1.54) is 18.5 Å². The minimum Gasteiger partial charge on any atom is -0.377 e. The number of nitrogens with one attached hydrogen (secondary N) is 1. The Bertz CT molecular complexity index is 577. The van der Waals surface area contributed by atoms with E-state index >= 15 is 0 Å². The Kier molecular flexibility index (Phi) is 4.41. The second kappa shape index (κ2) is 6.19. The van der Waals surface area contributed by atoms with E-state index in [4.69, 9.17) is 4.74 Å². The molecule has 2 heterocycles. The third kappa shape index (κ3) is 2.87. The minimum absolute atomic E-state index is 0.160. The second-order valence-electron chi connectivity index (χ2n) is 7.55. The lowest BCUT2D eigenvalue weighted by Crippen LogP contribution is -2.71. The molecule has 1 aliphatic heterocycles. The van der Waals surface area contributed by atoms with E-state index in [9.17, 15) is 0 Å². The molecule has 1 aromatic heterocycles. The van der Waals surface area contributed by atoms with E-state index in [2.05, 4.69) is 66.0 Å². The topological polar surface area (TPSA) is 41.8 Å². The van der Waals surface area contributed by atoms with E-state index in [-0.39, 0.29) is 5.41 Å². The zero-order valence-electron chi connectivity index (χ0n) is 15.0. The summed E-state index contributed by atoms with van der Waals surface area (Å²) in [5.41, 5.74) is 1.44. The highest BCUT2D eigenvalue weighted by molar-refractivity contribution is 5.80. The van der Waals surface area contributed by atoms with Crippen molar-refractivity contribution in [2.75, 3.05) is 20.7 Å². The molecule has 128 valence electrons.